The molecular weight excluding hydrogens is 650 g/mol. The molecule has 0 amide bonds. The lowest BCUT2D eigenvalue weighted by Crippen LogP contribution is -2.50. The SMILES string of the molecule is CCCCCCOC(CCCN(CCCCO)CCCCCC(=O)OC1CCC2(C)C(=CCC3C4CCC(=O)C4(C)CCC32)C1)OCCCCCC. The third kappa shape index (κ3) is 12.6. The van der Waals surface area contributed by atoms with E-state index >= 15 is 0 Å². The Bertz CT molecular complexity index is 1060. The number of rotatable bonds is 27. The molecule has 4 rings (SSSR count). The zero-order valence-electron chi connectivity index (χ0n) is 34.1. The van der Waals surface area contributed by atoms with Gasteiger partial charge in [-0.05, 0) is 133 Å². The number of aliphatic hydroxyl groups is 1. The molecule has 3 fully saturated rings. The molecule has 3 saturated carbocycles. The van der Waals surface area contributed by atoms with Gasteiger partial charge in [-0.25, -0.2) is 0 Å². The van der Waals surface area contributed by atoms with Crippen molar-refractivity contribution in [2.45, 2.75) is 194 Å². The second-order valence-corrected chi connectivity index (χ2v) is 17.5. The van der Waals surface area contributed by atoms with Crippen LogP contribution in [0.1, 0.15) is 182 Å². The molecule has 6 atom stereocenters. The van der Waals surface area contributed by atoms with Crippen molar-refractivity contribution >= 4 is 11.8 Å². The lowest BCUT2D eigenvalue weighted by atomic mass is 9.48. The quantitative estimate of drug-likeness (QED) is 0.0390. The summed E-state index contributed by atoms with van der Waals surface area (Å²) >= 11 is 0. The molecule has 0 heterocycles. The van der Waals surface area contributed by atoms with Crippen LogP contribution in [0.2, 0.25) is 0 Å². The van der Waals surface area contributed by atoms with Gasteiger partial charge in [0.25, 0.3) is 0 Å². The highest BCUT2D eigenvalue weighted by molar-refractivity contribution is 5.87. The molecule has 7 nitrogen and oxygen atoms in total. The van der Waals surface area contributed by atoms with E-state index in [0.29, 0.717) is 30.0 Å². The molecule has 1 N–H and O–H groups in total. The Morgan fingerprint density at radius 1 is 0.808 bits per heavy atom. The highest BCUT2D eigenvalue weighted by atomic mass is 16.7. The number of carbonyl (C=O) groups excluding carboxylic acids is 2. The van der Waals surface area contributed by atoms with Crippen molar-refractivity contribution < 1.29 is 28.9 Å². The van der Waals surface area contributed by atoms with Gasteiger partial charge in [-0.15, -0.1) is 0 Å². The maximum atomic E-state index is 13.0. The van der Waals surface area contributed by atoms with Gasteiger partial charge >= 0.3 is 5.97 Å². The van der Waals surface area contributed by atoms with Crippen LogP contribution in [0.15, 0.2) is 11.6 Å². The van der Waals surface area contributed by atoms with E-state index in [-0.39, 0.29) is 35.8 Å². The predicted molar refractivity (Wildman–Crippen MR) is 211 cm³/mol. The summed E-state index contributed by atoms with van der Waals surface area (Å²) < 4.78 is 18.5. The standard InChI is InChI=1S/C45H79NO6/c1-5-7-9-16-33-50-43(51-34-17-10-8-6-2)20-18-31-46(30-14-15-32-47)29-13-11-12-19-42(49)52-37-25-27-44(3)36(35-37)21-22-38-39-23-24-41(48)45(39,4)28-26-40(38)44/h21,37-40,43,47H,5-20,22-35H2,1-4H3. The van der Waals surface area contributed by atoms with Crippen LogP contribution in [0.5, 0.6) is 0 Å². The number of nitrogens with zero attached hydrogens (tertiary/aromatic N) is 1. The number of fused-ring (bicyclic) bond motifs is 5. The summed E-state index contributed by atoms with van der Waals surface area (Å²) in [6.07, 6.45) is 27.5. The second kappa shape index (κ2) is 22.9. The first kappa shape index (κ1) is 43.4. The third-order valence-corrected chi connectivity index (χ3v) is 13.8. The van der Waals surface area contributed by atoms with Crippen LogP contribution in [-0.4, -0.2) is 73.6 Å². The molecule has 52 heavy (non-hydrogen) atoms. The van der Waals surface area contributed by atoms with Crippen molar-refractivity contribution in [2.24, 2.45) is 28.6 Å². The largest absolute Gasteiger partial charge is 0.462 e. The number of carbonyl (C=O) groups is 2. The molecule has 0 saturated heterocycles. The Kier molecular flexibility index (Phi) is 19.2. The fraction of sp³-hybridized carbons (Fsp3) is 0.911. The van der Waals surface area contributed by atoms with Crippen molar-refractivity contribution in [3.63, 3.8) is 0 Å². The summed E-state index contributed by atoms with van der Waals surface area (Å²) in [6, 6.07) is 0. The smallest absolute Gasteiger partial charge is 0.306 e. The van der Waals surface area contributed by atoms with Crippen molar-refractivity contribution in [3.05, 3.63) is 11.6 Å². The van der Waals surface area contributed by atoms with Crippen molar-refractivity contribution in [3.8, 4) is 0 Å². The number of ether oxygens (including phenoxy) is 3. The minimum atomic E-state index is -0.111. The average Bonchev–Trinajstić information content (AvgIpc) is 3.44. The van der Waals surface area contributed by atoms with Gasteiger partial charge in [-0.3, -0.25) is 9.59 Å². The molecule has 6 unspecified atom stereocenters. The lowest BCUT2D eigenvalue weighted by molar-refractivity contribution is -0.151. The maximum Gasteiger partial charge on any atom is 0.306 e. The first-order valence-electron chi connectivity index (χ1n) is 22.2. The van der Waals surface area contributed by atoms with Crippen LogP contribution in [0.4, 0.5) is 0 Å². The van der Waals surface area contributed by atoms with Crippen LogP contribution in [0, 0.1) is 28.6 Å². The normalized spacial score (nSPS) is 28.5. The summed E-state index contributed by atoms with van der Waals surface area (Å²) in [6.45, 7) is 14.1. The van der Waals surface area contributed by atoms with E-state index < -0.39 is 0 Å². The fourth-order valence-electron chi connectivity index (χ4n) is 10.5. The Morgan fingerprint density at radius 3 is 2.13 bits per heavy atom. The molecule has 0 aromatic rings. The zero-order valence-corrected chi connectivity index (χ0v) is 34.1. The van der Waals surface area contributed by atoms with Gasteiger partial charge in [0.1, 0.15) is 11.9 Å². The van der Waals surface area contributed by atoms with Crippen molar-refractivity contribution in [1.82, 2.24) is 4.90 Å². The first-order valence-corrected chi connectivity index (χ1v) is 22.2. The predicted octanol–water partition coefficient (Wildman–Crippen LogP) is 10.4. The molecule has 7 heteroatoms. The highest BCUT2D eigenvalue weighted by Crippen LogP contribution is 2.64. The molecule has 4 aliphatic carbocycles. The molecule has 0 spiro atoms. The van der Waals surface area contributed by atoms with E-state index in [1.165, 1.54) is 50.5 Å². The molecule has 0 aromatic heterocycles. The van der Waals surface area contributed by atoms with Gasteiger partial charge in [0.2, 0.25) is 0 Å². The molecule has 0 aromatic carbocycles. The number of allylic oxidation sites excluding steroid dienone is 1. The van der Waals surface area contributed by atoms with E-state index in [9.17, 15) is 14.7 Å². The minimum Gasteiger partial charge on any atom is -0.462 e. The van der Waals surface area contributed by atoms with Crippen LogP contribution in [0.25, 0.3) is 0 Å². The molecule has 4 aliphatic rings. The minimum absolute atomic E-state index is 0.0109. The molecule has 0 radical (unpaired) electrons. The monoisotopic (exact) mass is 730 g/mol. The summed E-state index contributed by atoms with van der Waals surface area (Å²) in [5.74, 6) is 2.34. The second-order valence-electron chi connectivity index (χ2n) is 17.5. The average molecular weight is 730 g/mol. The van der Waals surface area contributed by atoms with Gasteiger partial charge in [-0.2, -0.15) is 0 Å². The number of Topliss-reactive ketones (excluding diaryl/α,β-unsaturated/α-hetero) is 1. The molecule has 0 bridgehead atoms. The van der Waals surface area contributed by atoms with E-state index in [2.05, 4.69) is 38.7 Å². The number of ketones is 1. The molecule has 300 valence electrons. The number of aliphatic hydroxyl groups excluding tert-OH is 1. The zero-order chi connectivity index (χ0) is 37.2. The Morgan fingerprint density at radius 2 is 1.44 bits per heavy atom. The van der Waals surface area contributed by atoms with Gasteiger partial charge in [0.05, 0.1) is 0 Å². The number of hydrogen-bond acceptors (Lipinski definition) is 7. The topological polar surface area (TPSA) is 85.3 Å². The summed E-state index contributed by atoms with van der Waals surface area (Å²) in [4.78, 5) is 28.3. The number of hydrogen-bond donors (Lipinski definition) is 1. The number of esters is 1. The first-order chi connectivity index (χ1) is 25.2. The maximum absolute atomic E-state index is 13.0. The van der Waals surface area contributed by atoms with Crippen LogP contribution >= 0.6 is 0 Å². The van der Waals surface area contributed by atoms with E-state index in [1.807, 2.05) is 0 Å². The van der Waals surface area contributed by atoms with Crippen LogP contribution in [-0.2, 0) is 23.8 Å². The van der Waals surface area contributed by atoms with Gasteiger partial charge in [0.15, 0.2) is 6.29 Å². The highest BCUT2D eigenvalue weighted by Gasteiger charge is 2.58. The fourth-order valence-corrected chi connectivity index (χ4v) is 10.5. The Balaban J connectivity index is 1.14. The van der Waals surface area contributed by atoms with Gasteiger partial charge < -0.3 is 24.2 Å². The van der Waals surface area contributed by atoms with Crippen LogP contribution in [0.3, 0.4) is 0 Å². The third-order valence-electron chi connectivity index (χ3n) is 13.8. The van der Waals surface area contributed by atoms with E-state index in [1.54, 1.807) is 0 Å². The Hall–Kier alpha value is -1.28. The van der Waals surface area contributed by atoms with Crippen molar-refractivity contribution in [1.29, 1.82) is 0 Å². The van der Waals surface area contributed by atoms with E-state index in [0.717, 1.165) is 136 Å². The molecule has 0 aliphatic heterocycles. The van der Waals surface area contributed by atoms with Gasteiger partial charge in [0, 0.05) is 44.5 Å². The molecular formula is C45H79NO6. The number of unbranched alkanes of at least 4 members (excludes halogenated alkanes) is 9. The lowest BCUT2D eigenvalue weighted by Gasteiger charge is -2.56. The van der Waals surface area contributed by atoms with Crippen molar-refractivity contribution in [2.75, 3.05) is 39.5 Å². The Labute approximate surface area is 318 Å². The van der Waals surface area contributed by atoms with Gasteiger partial charge in [-0.1, -0.05) is 84.3 Å². The summed E-state index contributed by atoms with van der Waals surface area (Å²) in [7, 11) is 0. The van der Waals surface area contributed by atoms with E-state index in [4.69, 9.17) is 14.2 Å². The summed E-state index contributed by atoms with van der Waals surface area (Å²) in [5, 5.41) is 9.37. The summed E-state index contributed by atoms with van der Waals surface area (Å²) in [5.41, 5.74) is 1.64. The van der Waals surface area contributed by atoms with Crippen LogP contribution < -0.4 is 0 Å².